The predicted molar refractivity (Wildman–Crippen MR) is 112 cm³/mol. The van der Waals surface area contributed by atoms with E-state index in [2.05, 4.69) is 15.6 Å². The molecule has 28 heavy (non-hydrogen) atoms. The Hall–Kier alpha value is -2.66. The summed E-state index contributed by atoms with van der Waals surface area (Å²) in [6.07, 6.45) is 0. The number of hydrogen-bond donors (Lipinski definition) is 4. The van der Waals surface area contributed by atoms with Crippen molar-refractivity contribution in [3.63, 3.8) is 0 Å². The zero-order chi connectivity index (χ0) is 20.5. The normalized spacial score (nSPS) is 11.2. The van der Waals surface area contributed by atoms with Crippen molar-refractivity contribution in [3.05, 3.63) is 57.9 Å². The van der Waals surface area contributed by atoms with E-state index in [9.17, 15) is 13.2 Å². The topological polar surface area (TPSA) is 140 Å². The fourth-order valence-corrected chi connectivity index (χ4v) is 3.94. The number of amides is 1. The zero-order valence-electron chi connectivity index (χ0n) is 14.6. The highest BCUT2D eigenvalue weighted by molar-refractivity contribution is 7.89. The molecule has 6 N–H and O–H groups in total. The van der Waals surface area contributed by atoms with Crippen molar-refractivity contribution in [2.75, 3.05) is 16.4 Å². The summed E-state index contributed by atoms with van der Waals surface area (Å²) < 4.78 is 22.6. The van der Waals surface area contributed by atoms with Crippen molar-refractivity contribution in [2.24, 2.45) is 5.14 Å². The molecule has 0 saturated carbocycles. The van der Waals surface area contributed by atoms with Gasteiger partial charge in [-0.3, -0.25) is 4.79 Å². The van der Waals surface area contributed by atoms with E-state index in [1.54, 1.807) is 12.1 Å². The number of halogens is 1. The van der Waals surface area contributed by atoms with Crippen LogP contribution in [0.25, 0.3) is 0 Å². The molecule has 0 aliphatic carbocycles. The maximum absolute atomic E-state index is 12.6. The van der Waals surface area contributed by atoms with Crippen LogP contribution >= 0.6 is 22.9 Å². The van der Waals surface area contributed by atoms with Crippen LogP contribution in [-0.4, -0.2) is 19.3 Å². The average molecular weight is 438 g/mol. The number of para-hydroxylation sites is 1. The predicted octanol–water partition coefficient (Wildman–Crippen LogP) is 3.33. The standard InChI is InChI=1S/C17H16ClN5O3S2/c1-9-3-2-4-12(18)13(9)22-16(24)14-15(19)23-17(27-14)21-10-5-7-11(8-6-10)28(20,25)26/h2-8H,19H2,1H3,(H,21,23)(H,22,24)(H2,20,25,26). The van der Waals surface area contributed by atoms with Gasteiger partial charge in [0.15, 0.2) is 5.13 Å². The molecule has 0 atom stereocenters. The van der Waals surface area contributed by atoms with Crippen molar-refractivity contribution in [1.29, 1.82) is 0 Å². The van der Waals surface area contributed by atoms with Crippen LogP contribution in [0.3, 0.4) is 0 Å². The van der Waals surface area contributed by atoms with E-state index in [1.165, 1.54) is 24.3 Å². The summed E-state index contributed by atoms with van der Waals surface area (Å²) in [5.74, 6) is -0.361. The Morgan fingerprint density at radius 1 is 1.18 bits per heavy atom. The number of hydrogen-bond acceptors (Lipinski definition) is 7. The Bertz CT molecular complexity index is 1120. The second-order valence-electron chi connectivity index (χ2n) is 5.81. The molecule has 0 radical (unpaired) electrons. The second-order valence-corrected chi connectivity index (χ2v) is 8.78. The van der Waals surface area contributed by atoms with E-state index < -0.39 is 15.9 Å². The van der Waals surface area contributed by atoms with E-state index in [-0.39, 0.29) is 15.6 Å². The third kappa shape index (κ3) is 4.42. The second kappa shape index (κ2) is 7.76. The molecule has 0 saturated heterocycles. The number of anilines is 4. The van der Waals surface area contributed by atoms with Crippen molar-refractivity contribution in [3.8, 4) is 0 Å². The number of nitrogens with one attached hydrogen (secondary N) is 2. The SMILES string of the molecule is Cc1cccc(Cl)c1NC(=O)c1sc(Nc2ccc(S(N)(=O)=O)cc2)nc1N. The Kier molecular flexibility index (Phi) is 5.57. The number of benzene rings is 2. The zero-order valence-corrected chi connectivity index (χ0v) is 17.0. The lowest BCUT2D eigenvalue weighted by Gasteiger charge is -2.09. The smallest absolute Gasteiger partial charge is 0.269 e. The molecule has 0 fully saturated rings. The molecule has 0 bridgehead atoms. The number of nitrogens with zero attached hydrogens (tertiary/aromatic N) is 1. The summed E-state index contributed by atoms with van der Waals surface area (Å²) in [6, 6.07) is 11.1. The van der Waals surface area contributed by atoms with Crippen LogP contribution in [0.1, 0.15) is 15.2 Å². The average Bonchev–Trinajstić information content (AvgIpc) is 2.98. The first-order chi connectivity index (χ1) is 13.1. The van der Waals surface area contributed by atoms with Gasteiger partial charge < -0.3 is 16.4 Å². The molecule has 0 spiro atoms. The van der Waals surface area contributed by atoms with E-state index >= 15 is 0 Å². The summed E-state index contributed by atoms with van der Waals surface area (Å²) in [6.45, 7) is 1.83. The molecule has 146 valence electrons. The third-order valence-corrected chi connectivity index (χ3v) is 5.98. The number of thiazole rings is 1. The van der Waals surface area contributed by atoms with Gasteiger partial charge >= 0.3 is 0 Å². The minimum atomic E-state index is -3.77. The molecule has 3 rings (SSSR count). The Morgan fingerprint density at radius 3 is 2.46 bits per heavy atom. The first kappa shape index (κ1) is 20.1. The van der Waals surface area contributed by atoms with Crippen LogP contribution in [0.15, 0.2) is 47.4 Å². The number of carbonyl (C=O) groups is 1. The third-order valence-electron chi connectivity index (χ3n) is 3.75. The summed E-state index contributed by atoms with van der Waals surface area (Å²) in [7, 11) is -3.77. The van der Waals surface area contributed by atoms with Gasteiger partial charge in [0.25, 0.3) is 5.91 Å². The van der Waals surface area contributed by atoms with Crippen molar-refractivity contribution in [1.82, 2.24) is 4.98 Å². The quantitative estimate of drug-likeness (QED) is 0.482. The molecule has 1 amide bonds. The lowest BCUT2D eigenvalue weighted by Crippen LogP contribution is -2.13. The van der Waals surface area contributed by atoms with Gasteiger partial charge in [-0.05, 0) is 42.8 Å². The van der Waals surface area contributed by atoms with E-state index in [0.29, 0.717) is 21.5 Å². The van der Waals surface area contributed by atoms with Crippen LogP contribution in [0.4, 0.5) is 22.3 Å². The molecule has 1 heterocycles. The van der Waals surface area contributed by atoms with E-state index in [0.717, 1.165) is 16.9 Å². The number of rotatable bonds is 5. The minimum absolute atomic E-state index is 0.00752. The molecule has 3 aromatic rings. The number of aryl methyl sites for hydroxylation is 1. The number of carbonyl (C=O) groups excluding carboxylic acids is 1. The fraction of sp³-hybridized carbons (Fsp3) is 0.0588. The molecular weight excluding hydrogens is 422 g/mol. The van der Waals surface area contributed by atoms with Gasteiger partial charge in [-0.1, -0.05) is 35.1 Å². The van der Waals surface area contributed by atoms with Crippen LogP contribution in [0.5, 0.6) is 0 Å². The van der Waals surface area contributed by atoms with Gasteiger partial charge in [0.2, 0.25) is 10.0 Å². The van der Waals surface area contributed by atoms with Crippen molar-refractivity contribution < 1.29 is 13.2 Å². The van der Waals surface area contributed by atoms with Gasteiger partial charge in [-0.15, -0.1) is 0 Å². The lowest BCUT2D eigenvalue weighted by molar-refractivity contribution is 0.103. The van der Waals surface area contributed by atoms with Crippen LogP contribution < -0.4 is 21.5 Å². The molecule has 0 aliphatic rings. The molecule has 2 aromatic carbocycles. The summed E-state index contributed by atoms with van der Waals surface area (Å²) in [5.41, 5.74) is 7.77. The molecule has 1 aromatic heterocycles. The van der Waals surface area contributed by atoms with Crippen molar-refractivity contribution >= 4 is 61.2 Å². The number of aromatic nitrogens is 1. The highest BCUT2D eigenvalue weighted by Gasteiger charge is 2.18. The van der Waals surface area contributed by atoms with Crippen LogP contribution in [-0.2, 0) is 10.0 Å². The van der Waals surface area contributed by atoms with Crippen LogP contribution in [0.2, 0.25) is 5.02 Å². The first-order valence-electron chi connectivity index (χ1n) is 7.88. The molecule has 0 unspecified atom stereocenters. The Balaban J connectivity index is 1.78. The minimum Gasteiger partial charge on any atom is -0.382 e. The number of sulfonamides is 1. The number of nitrogens with two attached hydrogens (primary N) is 2. The summed E-state index contributed by atoms with van der Waals surface area (Å²) in [5, 5.41) is 11.6. The maximum Gasteiger partial charge on any atom is 0.269 e. The fourth-order valence-electron chi connectivity index (χ4n) is 2.36. The number of primary sulfonamides is 1. The van der Waals surface area contributed by atoms with Crippen molar-refractivity contribution in [2.45, 2.75) is 11.8 Å². The monoisotopic (exact) mass is 437 g/mol. The van der Waals surface area contributed by atoms with E-state index in [1.807, 2.05) is 13.0 Å². The highest BCUT2D eigenvalue weighted by Crippen LogP contribution is 2.31. The van der Waals surface area contributed by atoms with Crippen LogP contribution in [0, 0.1) is 6.92 Å². The van der Waals surface area contributed by atoms with Gasteiger partial charge in [0.1, 0.15) is 10.7 Å². The largest absolute Gasteiger partial charge is 0.382 e. The van der Waals surface area contributed by atoms with E-state index in [4.69, 9.17) is 22.5 Å². The molecule has 0 aliphatic heterocycles. The number of nitrogen functional groups attached to an aromatic ring is 1. The molecule has 8 nitrogen and oxygen atoms in total. The molecule has 11 heteroatoms. The lowest BCUT2D eigenvalue weighted by atomic mass is 10.2. The van der Waals surface area contributed by atoms with Gasteiger partial charge in [-0.25, -0.2) is 18.5 Å². The van der Waals surface area contributed by atoms with Gasteiger partial charge in [-0.2, -0.15) is 0 Å². The summed E-state index contributed by atoms with van der Waals surface area (Å²) >= 11 is 7.19. The first-order valence-corrected chi connectivity index (χ1v) is 10.6. The Morgan fingerprint density at radius 2 is 1.86 bits per heavy atom. The van der Waals surface area contributed by atoms with Gasteiger partial charge in [0.05, 0.1) is 15.6 Å². The highest BCUT2D eigenvalue weighted by atomic mass is 35.5. The van der Waals surface area contributed by atoms with Gasteiger partial charge in [0, 0.05) is 5.69 Å². The maximum atomic E-state index is 12.6. The molecular formula is C17H16ClN5O3S2. The summed E-state index contributed by atoms with van der Waals surface area (Å²) in [4.78, 5) is 16.9. The Labute approximate surface area is 170 Å².